The molecule has 0 bridgehead atoms. The van der Waals surface area contributed by atoms with E-state index < -0.39 is 0 Å². The molecule has 21 heavy (non-hydrogen) atoms. The van der Waals surface area contributed by atoms with E-state index in [9.17, 15) is 0 Å². The zero-order chi connectivity index (χ0) is 14.5. The number of hydrogen-bond donors (Lipinski definition) is 1. The van der Waals surface area contributed by atoms with E-state index in [1.807, 2.05) is 29.2 Å². The van der Waals surface area contributed by atoms with Crippen LogP contribution in [0.5, 0.6) is 11.5 Å². The lowest BCUT2D eigenvalue weighted by atomic mass is 10.1. The normalized spacial score (nSPS) is 14.9. The van der Waals surface area contributed by atoms with Crippen LogP contribution in [0.15, 0.2) is 36.7 Å². The van der Waals surface area contributed by atoms with Gasteiger partial charge in [-0.05, 0) is 37.1 Å². The van der Waals surface area contributed by atoms with Crippen molar-refractivity contribution in [2.45, 2.75) is 32.5 Å². The fourth-order valence-corrected chi connectivity index (χ4v) is 2.35. The number of hydrogen-bond acceptors (Lipinski definition) is 4. The van der Waals surface area contributed by atoms with Crippen molar-refractivity contribution in [1.29, 1.82) is 0 Å². The third kappa shape index (κ3) is 3.76. The molecule has 0 saturated heterocycles. The van der Waals surface area contributed by atoms with Gasteiger partial charge in [-0.2, -0.15) is 5.10 Å². The number of benzene rings is 1. The van der Waals surface area contributed by atoms with Crippen molar-refractivity contribution in [3.05, 3.63) is 42.2 Å². The SMILES string of the molecule is CC(CCn1cccn1)NCc1ccc2c(c1)OCCO2. The Hall–Kier alpha value is -2.01. The molecule has 5 nitrogen and oxygen atoms in total. The van der Waals surface area contributed by atoms with Crippen LogP contribution >= 0.6 is 0 Å². The van der Waals surface area contributed by atoms with E-state index in [1.165, 1.54) is 5.56 Å². The average Bonchev–Trinajstić information content (AvgIpc) is 3.04. The van der Waals surface area contributed by atoms with Crippen LogP contribution in [0.1, 0.15) is 18.9 Å². The summed E-state index contributed by atoms with van der Waals surface area (Å²) >= 11 is 0. The number of ether oxygens (including phenoxy) is 2. The summed E-state index contributed by atoms with van der Waals surface area (Å²) in [6, 6.07) is 8.51. The molecule has 1 aromatic heterocycles. The van der Waals surface area contributed by atoms with Crippen molar-refractivity contribution in [3.8, 4) is 11.5 Å². The molecule has 0 aliphatic carbocycles. The van der Waals surface area contributed by atoms with Gasteiger partial charge in [-0.15, -0.1) is 0 Å². The molecule has 1 aromatic carbocycles. The first-order chi connectivity index (χ1) is 10.3. The monoisotopic (exact) mass is 287 g/mol. The molecule has 1 unspecified atom stereocenters. The van der Waals surface area contributed by atoms with E-state index >= 15 is 0 Å². The minimum Gasteiger partial charge on any atom is -0.486 e. The first-order valence-corrected chi connectivity index (χ1v) is 7.40. The van der Waals surface area contributed by atoms with Gasteiger partial charge in [0.05, 0.1) is 0 Å². The quantitative estimate of drug-likeness (QED) is 0.885. The fraction of sp³-hybridized carbons (Fsp3) is 0.438. The van der Waals surface area contributed by atoms with Crippen molar-refractivity contribution in [2.75, 3.05) is 13.2 Å². The first-order valence-electron chi connectivity index (χ1n) is 7.40. The second-order valence-electron chi connectivity index (χ2n) is 5.32. The summed E-state index contributed by atoms with van der Waals surface area (Å²) in [5.74, 6) is 1.70. The van der Waals surface area contributed by atoms with Crippen molar-refractivity contribution >= 4 is 0 Å². The topological polar surface area (TPSA) is 48.3 Å². The molecule has 112 valence electrons. The molecule has 0 amide bonds. The zero-order valence-electron chi connectivity index (χ0n) is 12.3. The van der Waals surface area contributed by atoms with E-state index in [-0.39, 0.29) is 0 Å². The second-order valence-corrected chi connectivity index (χ2v) is 5.32. The lowest BCUT2D eigenvalue weighted by molar-refractivity contribution is 0.171. The molecule has 2 aromatic rings. The fourth-order valence-electron chi connectivity index (χ4n) is 2.35. The summed E-state index contributed by atoms with van der Waals surface area (Å²) in [4.78, 5) is 0. The largest absolute Gasteiger partial charge is 0.486 e. The summed E-state index contributed by atoms with van der Waals surface area (Å²) in [5, 5.41) is 7.74. The second kappa shape index (κ2) is 6.63. The Labute approximate surface area is 124 Å². The van der Waals surface area contributed by atoms with E-state index in [0.29, 0.717) is 19.3 Å². The van der Waals surface area contributed by atoms with Gasteiger partial charge in [0.2, 0.25) is 0 Å². The van der Waals surface area contributed by atoms with Crippen LogP contribution in [-0.4, -0.2) is 29.0 Å². The Morgan fingerprint density at radius 1 is 1.29 bits per heavy atom. The molecule has 3 rings (SSSR count). The summed E-state index contributed by atoms with van der Waals surface area (Å²) < 4.78 is 13.1. The van der Waals surface area contributed by atoms with Crippen LogP contribution in [0.2, 0.25) is 0 Å². The van der Waals surface area contributed by atoms with Crippen LogP contribution in [0.4, 0.5) is 0 Å². The Kier molecular flexibility index (Phi) is 4.40. The predicted octanol–water partition coefficient (Wildman–Crippen LogP) is 2.22. The molecule has 1 atom stereocenters. The van der Waals surface area contributed by atoms with Crippen molar-refractivity contribution in [2.24, 2.45) is 0 Å². The molecule has 0 fully saturated rings. The summed E-state index contributed by atoms with van der Waals surface area (Å²) in [6.07, 6.45) is 4.85. The predicted molar refractivity (Wildman–Crippen MR) is 80.6 cm³/mol. The molecule has 0 radical (unpaired) electrons. The standard InChI is InChI=1S/C16H21N3O2/c1-13(5-8-19-7-2-6-18-19)17-12-14-3-4-15-16(11-14)21-10-9-20-15/h2-4,6-7,11,13,17H,5,8-10,12H2,1H3. The van der Waals surface area contributed by atoms with Gasteiger partial charge in [0.15, 0.2) is 11.5 Å². The van der Waals surface area contributed by atoms with E-state index in [1.54, 1.807) is 0 Å². The molecular weight excluding hydrogens is 266 g/mol. The van der Waals surface area contributed by atoms with Gasteiger partial charge in [0.1, 0.15) is 13.2 Å². The number of nitrogens with zero attached hydrogens (tertiary/aromatic N) is 2. The summed E-state index contributed by atoms with van der Waals surface area (Å²) in [7, 11) is 0. The maximum Gasteiger partial charge on any atom is 0.161 e. The number of aromatic nitrogens is 2. The van der Waals surface area contributed by atoms with Crippen LogP contribution < -0.4 is 14.8 Å². The summed E-state index contributed by atoms with van der Waals surface area (Å²) in [6.45, 7) is 5.22. The average molecular weight is 287 g/mol. The number of nitrogens with one attached hydrogen (secondary N) is 1. The maximum absolute atomic E-state index is 5.60. The lowest BCUT2D eigenvalue weighted by Gasteiger charge is -2.19. The Morgan fingerprint density at radius 2 is 2.14 bits per heavy atom. The van der Waals surface area contributed by atoms with Crippen molar-refractivity contribution in [3.63, 3.8) is 0 Å². The van der Waals surface area contributed by atoms with Gasteiger partial charge < -0.3 is 14.8 Å². The van der Waals surface area contributed by atoms with Crippen molar-refractivity contribution in [1.82, 2.24) is 15.1 Å². The highest BCUT2D eigenvalue weighted by Crippen LogP contribution is 2.30. The molecule has 0 spiro atoms. The Balaban J connectivity index is 1.48. The minimum absolute atomic E-state index is 0.433. The maximum atomic E-state index is 5.60. The number of aryl methyl sites for hydroxylation is 1. The van der Waals surface area contributed by atoms with E-state index in [4.69, 9.17) is 9.47 Å². The highest BCUT2D eigenvalue weighted by atomic mass is 16.6. The molecule has 0 saturated carbocycles. The molecule has 1 aliphatic rings. The van der Waals surface area contributed by atoms with Gasteiger partial charge in [0.25, 0.3) is 0 Å². The van der Waals surface area contributed by atoms with Gasteiger partial charge in [-0.1, -0.05) is 6.07 Å². The zero-order valence-corrected chi connectivity index (χ0v) is 12.3. The molecule has 1 aliphatic heterocycles. The Bertz CT molecular complexity index is 569. The van der Waals surface area contributed by atoms with Gasteiger partial charge in [0, 0.05) is 31.5 Å². The minimum atomic E-state index is 0.433. The first kappa shape index (κ1) is 13.9. The molecule has 1 N–H and O–H groups in total. The third-order valence-corrected chi connectivity index (χ3v) is 3.61. The highest BCUT2D eigenvalue weighted by Gasteiger charge is 2.11. The molecule has 5 heteroatoms. The summed E-state index contributed by atoms with van der Waals surface area (Å²) in [5.41, 5.74) is 1.21. The van der Waals surface area contributed by atoms with Crippen molar-refractivity contribution < 1.29 is 9.47 Å². The molecular formula is C16H21N3O2. The Morgan fingerprint density at radius 3 is 2.95 bits per heavy atom. The van der Waals surface area contributed by atoms with Gasteiger partial charge in [-0.3, -0.25) is 4.68 Å². The number of fused-ring (bicyclic) bond motifs is 1. The van der Waals surface area contributed by atoms with Gasteiger partial charge >= 0.3 is 0 Å². The lowest BCUT2D eigenvalue weighted by Crippen LogP contribution is -2.27. The third-order valence-electron chi connectivity index (χ3n) is 3.61. The van der Waals surface area contributed by atoms with Crippen LogP contribution in [-0.2, 0) is 13.1 Å². The molecule has 2 heterocycles. The van der Waals surface area contributed by atoms with Gasteiger partial charge in [-0.25, -0.2) is 0 Å². The highest BCUT2D eigenvalue weighted by molar-refractivity contribution is 5.43. The van der Waals surface area contributed by atoms with E-state index in [0.717, 1.165) is 31.0 Å². The smallest absolute Gasteiger partial charge is 0.161 e. The van der Waals surface area contributed by atoms with E-state index in [2.05, 4.69) is 29.5 Å². The van der Waals surface area contributed by atoms with Crippen LogP contribution in [0, 0.1) is 0 Å². The van der Waals surface area contributed by atoms with Crippen LogP contribution in [0.3, 0.4) is 0 Å². The number of rotatable bonds is 6. The van der Waals surface area contributed by atoms with Crippen LogP contribution in [0.25, 0.3) is 0 Å².